The van der Waals surface area contributed by atoms with E-state index in [2.05, 4.69) is 25.7 Å². The lowest BCUT2D eigenvalue weighted by Gasteiger charge is -2.38. The zero-order chi connectivity index (χ0) is 14.5. The number of likely N-dealkylation sites (N-methyl/N-ethyl adjacent to an activating group) is 1. The van der Waals surface area contributed by atoms with Gasteiger partial charge in [-0.15, -0.1) is 0 Å². The summed E-state index contributed by atoms with van der Waals surface area (Å²) in [5.41, 5.74) is -0.199. The Bertz CT molecular complexity index is 344. The zero-order valence-corrected chi connectivity index (χ0v) is 12.4. The largest absolute Gasteiger partial charge is 0.349 e. The number of amides is 2. The lowest BCUT2D eigenvalue weighted by atomic mass is 9.76. The Hall–Kier alpha value is -1.32. The third-order valence-electron chi connectivity index (χ3n) is 4.02. The van der Waals surface area contributed by atoms with Gasteiger partial charge in [-0.25, -0.2) is 0 Å². The second-order valence-corrected chi connectivity index (χ2v) is 6.00. The molecule has 1 fully saturated rings. The molecule has 0 spiro atoms. The van der Waals surface area contributed by atoms with Crippen molar-refractivity contribution in [2.45, 2.75) is 51.5 Å². The first-order valence-corrected chi connectivity index (χ1v) is 7.05. The SMILES string of the molecule is C=CC(=O)N(C)CC(=O)NC(C)(C)C1CCCCC1. The molecule has 0 heterocycles. The van der Waals surface area contributed by atoms with Crippen LogP contribution in [0, 0.1) is 5.92 Å². The minimum atomic E-state index is -0.231. The van der Waals surface area contributed by atoms with Crippen LogP contribution in [0.5, 0.6) is 0 Å². The van der Waals surface area contributed by atoms with Crippen LogP contribution in [0.1, 0.15) is 46.0 Å². The number of nitrogens with zero attached hydrogens (tertiary/aromatic N) is 1. The van der Waals surface area contributed by atoms with Gasteiger partial charge in [0.1, 0.15) is 0 Å². The Morgan fingerprint density at radius 2 is 1.89 bits per heavy atom. The summed E-state index contributed by atoms with van der Waals surface area (Å²) in [6, 6.07) is 0. The van der Waals surface area contributed by atoms with E-state index in [-0.39, 0.29) is 23.9 Å². The van der Waals surface area contributed by atoms with Gasteiger partial charge >= 0.3 is 0 Å². The number of rotatable bonds is 5. The molecule has 1 saturated carbocycles. The number of hydrogen-bond donors (Lipinski definition) is 1. The van der Waals surface area contributed by atoms with E-state index in [4.69, 9.17) is 0 Å². The molecule has 1 N–H and O–H groups in total. The molecule has 0 atom stereocenters. The molecule has 0 aromatic heterocycles. The third-order valence-corrected chi connectivity index (χ3v) is 4.02. The van der Waals surface area contributed by atoms with E-state index in [9.17, 15) is 9.59 Å². The fourth-order valence-electron chi connectivity index (χ4n) is 2.77. The topological polar surface area (TPSA) is 49.4 Å². The van der Waals surface area contributed by atoms with E-state index in [1.807, 2.05) is 0 Å². The lowest BCUT2D eigenvalue weighted by Crippen LogP contribution is -2.52. The standard InChI is InChI=1S/C15H26N2O2/c1-5-14(19)17(4)11-13(18)16-15(2,3)12-9-7-6-8-10-12/h5,12H,1,6-11H2,2-4H3,(H,16,18). The summed E-state index contributed by atoms with van der Waals surface area (Å²) in [5, 5.41) is 3.07. The summed E-state index contributed by atoms with van der Waals surface area (Å²) in [7, 11) is 1.61. The second kappa shape index (κ2) is 6.73. The molecule has 4 nitrogen and oxygen atoms in total. The fraction of sp³-hybridized carbons (Fsp3) is 0.733. The van der Waals surface area contributed by atoms with Crippen molar-refractivity contribution in [1.82, 2.24) is 10.2 Å². The molecule has 0 bridgehead atoms. The van der Waals surface area contributed by atoms with Gasteiger partial charge in [-0.05, 0) is 38.7 Å². The van der Waals surface area contributed by atoms with Gasteiger partial charge in [-0.3, -0.25) is 9.59 Å². The Morgan fingerprint density at radius 3 is 2.42 bits per heavy atom. The molecule has 0 unspecified atom stereocenters. The Kier molecular flexibility index (Phi) is 5.58. The highest BCUT2D eigenvalue weighted by Gasteiger charge is 2.32. The maximum atomic E-state index is 12.0. The van der Waals surface area contributed by atoms with Gasteiger partial charge in [0, 0.05) is 12.6 Å². The second-order valence-electron chi connectivity index (χ2n) is 6.00. The van der Waals surface area contributed by atoms with Crippen LogP contribution in [0.15, 0.2) is 12.7 Å². The zero-order valence-electron chi connectivity index (χ0n) is 12.4. The van der Waals surface area contributed by atoms with Gasteiger partial charge in [0.05, 0.1) is 6.54 Å². The molecular weight excluding hydrogens is 240 g/mol. The number of carbonyl (C=O) groups excluding carboxylic acids is 2. The molecule has 0 aromatic carbocycles. The van der Waals surface area contributed by atoms with E-state index in [1.54, 1.807) is 7.05 Å². The fourth-order valence-corrected chi connectivity index (χ4v) is 2.77. The van der Waals surface area contributed by atoms with Crippen molar-refractivity contribution in [3.05, 3.63) is 12.7 Å². The van der Waals surface area contributed by atoms with Crippen LogP contribution in [0.2, 0.25) is 0 Å². The van der Waals surface area contributed by atoms with Crippen LogP contribution >= 0.6 is 0 Å². The van der Waals surface area contributed by atoms with E-state index in [0.717, 1.165) is 0 Å². The average Bonchev–Trinajstić information content (AvgIpc) is 2.38. The monoisotopic (exact) mass is 266 g/mol. The smallest absolute Gasteiger partial charge is 0.246 e. The predicted octanol–water partition coefficient (Wildman–Crippen LogP) is 2.11. The van der Waals surface area contributed by atoms with Crippen molar-refractivity contribution in [3.8, 4) is 0 Å². The first-order valence-electron chi connectivity index (χ1n) is 7.05. The minimum Gasteiger partial charge on any atom is -0.349 e. The molecule has 19 heavy (non-hydrogen) atoms. The quantitative estimate of drug-likeness (QED) is 0.775. The highest BCUT2D eigenvalue weighted by Crippen LogP contribution is 2.32. The molecule has 4 heteroatoms. The highest BCUT2D eigenvalue weighted by atomic mass is 16.2. The summed E-state index contributed by atoms with van der Waals surface area (Å²) in [5.74, 6) is 0.199. The molecule has 1 aliphatic carbocycles. The molecule has 1 rings (SSSR count). The third kappa shape index (κ3) is 4.69. The Balaban J connectivity index is 2.49. The van der Waals surface area contributed by atoms with Gasteiger partial charge in [-0.2, -0.15) is 0 Å². The van der Waals surface area contributed by atoms with Crippen LogP contribution in [0.3, 0.4) is 0 Å². The van der Waals surface area contributed by atoms with Crippen molar-refractivity contribution < 1.29 is 9.59 Å². The lowest BCUT2D eigenvalue weighted by molar-refractivity contribution is -0.132. The summed E-state index contributed by atoms with van der Waals surface area (Å²) >= 11 is 0. The highest BCUT2D eigenvalue weighted by molar-refractivity contribution is 5.90. The molecule has 108 valence electrons. The number of hydrogen-bond acceptors (Lipinski definition) is 2. The van der Waals surface area contributed by atoms with Crippen LogP contribution in [-0.4, -0.2) is 35.8 Å². The molecule has 0 aromatic rings. The molecule has 0 aliphatic heterocycles. The van der Waals surface area contributed by atoms with Gasteiger partial charge < -0.3 is 10.2 Å². The van der Waals surface area contributed by atoms with E-state index in [1.165, 1.54) is 43.1 Å². The molecular formula is C15H26N2O2. The van der Waals surface area contributed by atoms with Crippen molar-refractivity contribution >= 4 is 11.8 Å². The van der Waals surface area contributed by atoms with Gasteiger partial charge in [0.25, 0.3) is 0 Å². The van der Waals surface area contributed by atoms with Crippen molar-refractivity contribution in [1.29, 1.82) is 0 Å². The maximum Gasteiger partial charge on any atom is 0.246 e. The maximum absolute atomic E-state index is 12.0. The van der Waals surface area contributed by atoms with Gasteiger partial charge in [-0.1, -0.05) is 25.8 Å². The summed E-state index contributed by atoms with van der Waals surface area (Å²) in [6.07, 6.45) is 7.37. The normalized spacial score (nSPS) is 16.8. The Labute approximate surface area is 116 Å². The molecule has 0 radical (unpaired) electrons. The Morgan fingerprint density at radius 1 is 1.32 bits per heavy atom. The average molecular weight is 266 g/mol. The molecule has 1 aliphatic rings. The summed E-state index contributed by atoms with van der Waals surface area (Å²) < 4.78 is 0. The van der Waals surface area contributed by atoms with E-state index >= 15 is 0 Å². The van der Waals surface area contributed by atoms with Crippen molar-refractivity contribution in [2.24, 2.45) is 5.92 Å². The number of carbonyl (C=O) groups is 2. The van der Waals surface area contributed by atoms with Crippen molar-refractivity contribution in [2.75, 3.05) is 13.6 Å². The minimum absolute atomic E-state index is 0.0843. The summed E-state index contributed by atoms with van der Waals surface area (Å²) in [4.78, 5) is 24.7. The van der Waals surface area contributed by atoms with E-state index in [0.29, 0.717) is 5.92 Å². The van der Waals surface area contributed by atoms with Crippen LogP contribution < -0.4 is 5.32 Å². The van der Waals surface area contributed by atoms with Gasteiger partial charge in [0.15, 0.2) is 0 Å². The first-order chi connectivity index (χ1) is 8.86. The number of nitrogens with one attached hydrogen (secondary N) is 1. The predicted molar refractivity (Wildman–Crippen MR) is 76.6 cm³/mol. The van der Waals surface area contributed by atoms with Gasteiger partial charge in [0.2, 0.25) is 11.8 Å². The van der Waals surface area contributed by atoms with Crippen LogP contribution in [0.25, 0.3) is 0 Å². The molecule has 0 saturated heterocycles. The first kappa shape index (κ1) is 15.7. The van der Waals surface area contributed by atoms with Crippen LogP contribution in [0.4, 0.5) is 0 Å². The van der Waals surface area contributed by atoms with Crippen molar-refractivity contribution in [3.63, 3.8) is 0 Å². The summed E-state index contributed by atoms with van der Waals surface area (Å²) in [6.45, 7) is 7.66. The van der Waals surface area contributed by atoms with Crippen LogP contribution in [-0.2, 0) is 9.59 Å². The van der Waals surface area contributed by atoms with E-state index < -0.39 is 0 Å². The molecule has 2 amide bonds.